The predicted octanol–water partition coefficient (Wildman–Crippen LogP) is 6.16. The molecule has 33 heavy (non-hydrogen) atoms. The van der Waals surface area contributed by atoms with Gasteiger partial charge in [-0.1, -0.05) is 42.0 Å². The number of para-hydroxylation sites is 2. The van der Waals surface area contributed by atoms with E-state index in [2.05, 4.69) is 48.7 Å². The van der Waals surface area contributed by atoms with Crippen molar-refractivity contribution in [3.05, 3.63) is 92.1 Å². The molecule has 0 bridgehead atoms. The first kappa shape index (κ1) is 24.4. The quantitative estimate of drug-likeness (QED) is 0.270. The number of benzene rings is 2. The number of carbonyl (C=O) groups is 1. The zero-order valence-electron chi connectivity index (χ0n) is 19.0. The molecule has 0 fully saturated rings. The molecule has 170 valence electrons. The fourth-order valence-corrected chi connectivity index (χ4v) is 4.91. The van der Waals surface area contributed by atoms with Crippen molar-refractivity contribution in [2.75, 3.05) is 11.9 Å². The molecular weight excluding hydrogens is 450 g/mol. The van der Waals surface area contributed by atoms with Crippen LogP contribution in [0.1, 0.15) is 28.5 Å². The van der Waals surface area contributed by atoms with Crippen LogP contribution in [0.3, 0.4) is 0 Å². The predicted molar refractivity (Wildman–Crippen MR) is 137 cm³/mol. The number of carbonyl (C=O) groups excluding carboxylic acids is 1. The van der Waals surface area contributed by atoms with Crippen molar-refractivity contribution >= 4 is 34.7 Å². The highest BCUT2D eigenvalue weighted by molar-refractivity contribution is 8.02. The molecule has 1 amide bonds. The van der Waals surface area contributed by atoms with Gasteiger partial charge in [0.2, 0.25) is 0 Å². The summed E-state index contributed by atoms with van der Waals surface area (Å²) >= 11 is 2.99. The first-order valence-electron chi connectivity index (χ1n) is 10.6. The van der Waals surface area contributed by atoms with Gasteiger partial charge in [-0.15, -0.1) is 23.1 Å². The molecule has 0 aliphatic carbocycles. The first-order valence-corrected chi connectivity index (χ1v) is 12.5. The Morgan fingerprint density at radius 1 is 1.15 bits per heavy atom. The molecule has 3 rings (SSSR count). The summed E-state index contributed by atoms with van der Waals surface area (Å²) in [5.41, 5.74) is 4.29. The summed E-state index contributed by atoms with van der Waals surface area (Å²) in [4.78, 5) is 14.0. The number of ether oxygens (including phenoxy) is 1. The number of anilines is 1. The Morgan fingerprint density at radius 2 is 1.97 bits per heavy atom. The lowest BCUT2D eigenvalue weighted by Crippen LogP contribution is -2.25. The Bertz CT molecular complexity index is 1160. The van der Waals surface area contributed by atoms with Crippen molar-refractivity contribution in [3.8, 4) is 11.8 Å². The van der Waals surface area contributed by atoms with Crippen LogP contribution in [0, 0.1) is 25.2 Å². The van der Waals surface area contributed by atoms with Gasteiger partial charge in [-0.2, -0.15) is 5.26 Å². The number of nitrogens with one attached hydrogen (secondary N) is 2. The van der Waals surface area contributed by atoms with E-state index in [-0.39, 0.29) is 5.57 Å². The lowest BCUT2D eigenvalue weighted by Gasteiger charge is -2.17. The van der Waals surface area contributed by atoms with Gasteiger partial charge < -0.3 is 15.4 Å². The maximum absolute atomic E-state index is 13.0. The SMILES string of the molecule is CCOc1ccccc1NC(SCc1ccc(C)cc1C)=C(C#N)C(=O)NCc1cccs1. The number of hydrogen-bond acceptors (Lipinski definition) is 6. The Morgan fingerprint density at radius 3 is 2.67 bits per heavy atom. The van der Waals surface area contributed by atoms with Gasteiger partial charge in [0.1, 0.15) is 17.4 Å². The minimum atomic E-state index is -0.407. The third-order valence-corrected chi connectivity index (χ3v) is 6.80. The molecule has 0 saturated carbocycles. The van der Waals surface area contributed by atoms with E-state index in [1.165, 1.54) is 22.9 Å². The largest absolute Gasteiger partial charge is 0.492 e. The number of amides is 1. The van der Waals surface area contributed by atoms with Gasteiger partial charge >= 0.3 is 0 Å². The molecule has 7 heteroatoms. The first-order chi connectivity index (χ1) is 16.0. The van der Waals surface area contributed by atoms with Crippen molar-refractivity contribution in [3.63, 3.8) is 0 Å². The van der Waals surface area contributed by atoms with Crippen LogP contribution in [0.5, 0.6) is 5.75 Å². The van der Waals surface area contributed by atoms with Crippen LogP contribution in [0.2, 0.25) is 0 Å². The van der Waals surface area contributed by atoms with Crippen LogP contribution >= 0.6 is 23.1 Å². The van der Waals surface area contributed by atoms with Crippen LogP contribution < -0.4 is 15.4 Å². The van der Waals surface area contributed by atoms with Crippen LogP contribution in [0.15, 0.2) is 70.6 Å². The van der Waals surface area contributed by atoms with Crippen molar-refractivity contribution in [1.29, 1.82) is 5.26 Å². The summed E-state index contributed by atoms with van der Waals surface area (Å²) in [6.07, 6.45) is 0. The minimum Gasteiger partial charge on any atom is -0.492 e. The third-order valence-electron chi connectivity index (χ3n) is 4.87. The highest BCUT2D eigenvalue weighted by Gasteiger charge is 2.18. The normalized spacial score (nSPS) is 11.3. The second-order valence-electron chi connectivity index (χ2n) is 7.35. The van der Waals surface area contributed by atoms with Gasteiger partial charge in [0, 0.05) is 10.6 Å². The monoisotopic (exact) mass is 477 g/mol. The highest BCUT2D eigenvalue weighted by Crippen LogP contribution is 2.32. The zero-order valence-corrected chi connectivity index (χ0v) is 20.6. The van der Waals surface area contributed by atoms with Gasteiger partial charge in [0.05, 0.1) is 23.9 Å². The van der Waals surface area contributed by atoms with Gasteiger partial charge in [-0.25, -0.2) is 0 Å². The van der Waals surface area contributed by atoms with E-state index in [1.54, 1.807) is 11.3 Å². The van der Waals surface area contributed by atoms with E-state index in [0.29, 0.717) is 35.4 Å². The topological polar surface area (TPSA) is 74.1 Å². The summed E-state index contributed by atoms with van der Waals surface area (Å²) in [6, 6.07) is 19.8. The molecule has 0 unspecified atom stereocenters. The molecule has 0 saturated heterocycles. The summed E-state index contributed by atoms with van der Waals surface area (Å²) in [5, 5.41) is 18.5. The van der Waals surface area contributed by atoms with Crippen molar-refractivity contribution in [2.24, 2.45) is 0 Å². The van der Waals surface area contributed by atoms with E-state index in [1.807, 2.05) is 48.7 Å². The van der Waals surface area contributed by atoms with Crippen molar-refractivity contribution in [1.82, 2.24) is 5.32 Å². The molecule has 0 aliphatic rings. The van der Waals surface area contributed by atoms with Gasteiger partial charge in [0.15, 0.2) is 0 Å². The highest BCUT2D eigenvalue weighted by atomic mass is 32.2. The summed E-state index contributed by atoms with van der Waals surface area (Å²) in [6.45, 7) is 6.95. The second-order valence-corrected chi connectivity index (χ2v) is 9.37. The van der Waals surface area contributed by atoms with E-state index >= 15 is 0 Å². The average molecular weight is 478 g/mol. The Balaban J connectivity index is 1.89. The van der Waals surface area contributed by atoms with E-state index < -0.39 is 5.91 Å². The second kappa shape index (κ2) is 12.1. The van der Waals surface area contributed by atoms with Crippen LogP contribution in [-0.2, 0) is 17.1 Å². The maximum atomic E-state index is 13.0. The Labute approximate surface area is 203 Å². The van der Waals surface area contributed by atoms with Crippen LogP contribution in [-0.4, -0.2) is 12.5 Å². The number of nitriles is 1. The summed E-state index contributed by atoms with van der Waals surface area (Å²) < 4.78 is 5.73. The number of aryl methyl sites for hydroxylation is 2. The number of thiophene rings is 1. The molecule has 2 aromatic carbocycles. The Kier molecular flexibility index (Phi) is 8.99. The number of hydrogen-bond donors (Lipinski definition) is 2. The van der Waals surface area contributed by atoms with Crippen LogP contribution in [0.4, 0.5) is 5.69 Å². The molecule has 0 radical (unpaired) electrons. The van der Waals surface area contributed by atoms with Crippen molar-refractivity contribution < 1.29 is 9.53 Å². The van der Waals surface area contributed by atoms with Gasteiger partial charge in [-0.3, -0.25) is 4.79 Å². The number of rotatable bonds is 10. The zero-order chi connectivity index (χ0) is 23.6. The third kappa shape index (κ3) is 6.88. The summed E-state index contributed by atoms with van der Waals surface area (Å²) in [7, 11) is 0. The Hall–Kier alpha value is -3.21. The standard InChI is InChI=1S/C26H27N3O2S2/c1-4-31-24-10-6-5-9-23(24)29-26(33-17-20-12-11-18(2)14-19(20)3)22(15-27)25(30)28-16-21-8-7-13-32-21/h5-14,29H,4,16-17H2,1-3H3,(H,28,30). The molecule has 1 aromatic heterocycles. The molecule has 0 aliphatic heterocycles. The molecule has 0 atom stereocenters. The molecule has 3 aromatic rings. The summed E-state index contributed by atoms with van der Waals surface area (Å²) in [5.74, 6) is 0.880. The lowest BCUT2D eigenvalue weighted by molar-refractivity contribution is -0.117. The molecular formula is C26H27N3O2S2. The number of nitrogens with zero attached hydrogens (tertiary/aromatic N) is 1. The van der Waals surface area contributed by atoms with Crippen LogP contribution in [0.25, 0.3) is 0 Å². The maximum Gasteiger partial charge on any atom is 0.264 e. The minimum absolute atomic E-state index is 0.0487. The van der Waals surface area contributed by atoms with E-state index in [0.717, 1.165) is 10.4 Å². The lowest BCUT2D eigenvalue weighted by atomic mass is 10.1. The fraction of sp³-hybridized carbons (Fsp3) is 0.231. The van der Waals surface area contributed by atoms with E-state index in [4.69, 9.17) is 4.74 Å². The van der Waals surface area contributed by atoms with E-state index in [9.17, 15) is 10.1 Å². The van der Waals surface area contributed by atoms with Gasteiger partial charge in [-0.05, 0) is 55.5 Å². The molecule has 0 spiro atoms. The fourth-order valence-electron chi connectivity index (χ4n) is 3.18. The average Bonchev–Trinajstić information content (AvgIpc) is 3.32. The van der Waals surface area contributed by atoms with Crippen molar-refractivity contribution in [2.45, 2.75) is 33.1 Å². The molecule has 1 heterocycles. The van der Waals surface area contributed by atoms with Gasteiger partial charge in [0.25, 0.3) is 5.91 Å². The number of thioether (sulfide) groups is 1. The smallest absolute Gasteiger partial charge is 0.264 e. The molecule has 5 nitrogen and oxygen atoms in total. The molecule has 2 N–H and O–H groups in total.